The molecule has 2 fully saturated rings. The van der Waals surface area contributed by atoms with Crippen LogP contribution in [0, 0.1) is 5.92 Å². The van der Waals surface area contributed by atoms with Gasteiger partial charge in [-0.1, -0.05) is 23.2 Å². The van der Waals surface area contributed by atoms with Gasteiger partial charge in [-0.15, -0.1) is 0 Å². The highest BCUT2D eigenvalue weighted by Crippen LogP contribution is 2.32. The van der Waals surface area contributed by atoms with E-state index in [0.29, 0.717) is 28.4 Å². The first kappa shape index (κ1) is 17.8. The smallest absolute Gasteiger partial charge is 0.292 e. The van der Waals surface area contributed by atoms with Crippen LogP contribution in [0.3, 0.4) is 0 Å². The molecule has 3 heterocycles. The van der Waals surface area contributed by atoms with Crippen molar-refractivity contribution in [3.05, 3.63) is 50.9 Å². The molecule has 1 aromatic heterocycles. The number of piperidine rings is 1. The van der Waals surface area contributed by atoms with Crippen molar-refractivity contribution in [3.8, 4) is 5.69 Å². The molecule has 2 aliphatic rings. The lowest BCUT2D eigenvalue weighted by atomic mass is 9.89. The first-order valence-electron chi connectivity index (χ1n) is 9.04. The Kier molecular flexibility index (Phi) is 5.20. The maximum absolute atomic E-state index is 12.7. The van der Waals surface area contributed by atoms with Gasteiger partial charge in [-0.2, -0.15) is 9.78 Å². The van der Waals surface area contributed by atoms with Crippen LogP contribution in [0.15, 0.2) is 35.3 Å². The molecule has 2 saturated heterocycles. The molecule has 0 amide bonds. The van der Waals surface area contributed by atoms with E-state index in [2.05, 4.69) is 10.00 Å². The number of halogens is 2. The standard InChI is InChI=1S/C19H21Cl2N3O2/c20-14-3-5-15(6-4-14)24-19(25)18(21)16(12-22-24)23-9-7-13(8-10-23)17-2-1-11-26-17/h3-6,12-13,17H,1-2,7-11H2. The molecular formula is C19H21Cl2N3O2. The number of nitrogens with zero attached hydrogens (tertiary/aromatic N) is 3. The van der Waals surface area contributed by atoms with Crippen LogP contribution in [0.2, 0.25) is 10.0 Å². The van der Waals surface area contributed by atoms with Gasteiger partial charge in [0.15, 0.2) is 0 Å². The minimum Gasteiger partial charge on any atom is -0.378 e. The Morgan fingerprint density at radius 3 is 2.46 bits per heavy atom. The van der Waals surface area contributed by atoms with Crippen LogP contribution in [0.4, 0.5) is 5.69 Å². The van der Waals surface area contributed by atoms with E-state index in [1.807, 2.05) is 0 Å². The molecule has 0 radical (unpaired) electrons. The van der Waals surface area contributed by atoms with E-state index < -0.39 is 0 Å². The lowest BCUT2D eigenvalue weighted by Crippen LogP contribution is -2.39. The second kappa shape index (κ2) is 7.59. The van der Waals surface area contributed by atoms with Crippen LogP contribution < -0.4 is 10.5 Å². The fraction of sp³-hybridized carbons (Fsp3) is 0.474. The Morgan fingerprint density at radius 1 is 1.08 bits per heavy atom. The second-order valence-corrected chi connectivity index (χ2v) is 7.73. The first-order chi connectivity index (χ1) is 12.6. The fourth-order valence-electron chi connectivity index (χ4n) is 3.90. The molecular weight excluding hydrogens is 373 g/mol. The van der Waals surface area contributed by atoms with Gasteiger partial charge < -0.3 is 9.64 Å². The van der Waals surface area contributed by atoms with Crippen LogP contribution in [0.25, 0.3) is 5.69 Å². The summed E-state index contributed by atoms with van der Waals surface area (Å²) in [5.74, 6) is 0.606. The lowest BCUT2D eigenvalue weighted by molar-refractivity contribution is 0.0531. The molecule has 2 aliphatic heterocycles. The molecule has 0 N–H and O–H groups in total. The Morgan fingerprint density at radius 2 is 1.81 bits per heavy atom. The highest BCUT2D eigenvalue weighted by atomic mass is 35.5. The largest absolute Gasteiger partial charge is 0.378 e. The van der Waals surface area contributed by atoms with Crippen LogP contribution in [-0.2, 0) is 4.74 Å². The fourth-order valence-corrected chi connectivity index (χ4v) is 4.27. The topological polar surface area (TPSA) is 47.4 Å². The predicted octanol–water partition coefficient (Wildman–Crippen LogP) is 3.93. The lowest BCUT2D eigenvalue weighted by Gasteiger charge is -2.35. The van der Waals surface area contributed by atoms with Crippen molar-refractivity contribution in [2.75, 3.05) is 24.6 Å². The number of hydrogen-bond acceptors (Lipinski definition) is 4. The van der Waals surface area contributed by atoms with Crippen LogP contribution in [0.1, 0.15) is 25.7 Å². The Labute approximate surface area is 162 Å². The minimum atomic E-state index is -0.312. The number of anilines is 1. The van der Waals surface area contributed by atoms with Gasteiger partial charge in [-0.25, -0.2) is 0 Å². The molecule has 0 spiro atoms. The Balaban J connectivity index is 1.52. The summed E-state index contributed by atoms with van der Waals surface area (Å²) in [4.78, 5) is 14.8. The van der Waals surface area contributed by atoms with E-state index in [1.165, 1.54) is 17.5 Å². The molecule has 7 heteroatoms. The summed E-state index contributed by atoms with van der Waals surface area (Å²) >= 11 is 12.3. The zero-order valence-corrected chi connectivity index (χ0v) is 15.9. The molecule has 4 rings (SSSR count). The third-order valence-electron chi connectivity index (χ3n) is 5.34. The molecule has 1 unspecified atom stereocenters. The zero-order chi connectivity index (χ0) is 18.1. The van der Waals surface area contributed by atoms with Crippen molar-refractivity contribution in [2.45, 2.75) is 31.8 Å². The van der Waals surface area contributed by atoms with E-state index >= 15 is 0 Å². The van der Waals surface area contributed by atoms with Gasteiger partial charge in [0, 0.05) is 24.7 Å². The van der Waals surface area contributed by atoms with Crippen molar-refractivity contribution >= 4 is 28.9 Å². The van der Waals surface area contributed by atoms with E-state index in [1.54, 1.807) is 30.5 Å². The molecule has 0 saturated carbocycles. The van der Waals surface area contributed by atoms with Gasteiger partial charge in [-0.05, 0) is 55.9 Å². The van der Waals surface area contributed by atoms with Crippen LogP contribution in [0.5, 0.6) is 0 Å². The summed E-state index contributed by atoms with van der Waals surface area (Å²) in [5, 5.41) is 5.14. The molecule has 0 aliphatic carbocycles. The second-order valence-electron chi connectivity index (χ2n) is 6.91. The van der Waals surface area contributed by atoms with E-state index in [0.717, 1.165) is 32.5 Å². The third-order valence-corrected chi connectivity index (χ3v) is 5.95. The van der Waals surface area contributed by atoms with Gasteiger partial charge in [-0.3, -0.25) is 4.79 Å². The van der Waals surface area contributed by atoms with E-state index in [-0.39, 0.29) is 10.6 Å². The van der Waals surface area contributed by atoms with Gasteiger partial charge in [0.05, 0.1) is 23.7 Å². The molecule has 138 valence electrons. The normalized spacial score (nSPS) is 21.3. The van der Waals surface area contributed by atoms with Crippen molar-refractivity contribution < 1.29 is 4.74 Å². The molecule has 1 aromatic carbocycles. The molecule has 5 nitrogen and oxygen atoms in total. The molecule has 26 heavy (non-hydrogen) atoms. The maximum Gasteiger partial charge on any atom is 0.292 e. The summed E-state index contributed by atoms with van der Waals surface area (Å²) < 4.78 is 7.14. The quantitative estimate of drug-likeness (QED) is 0.792. The van der Waals surface area contributed by atoms with Gasteiger partial charge >= 0.3 is 0 Å². The number of ether oxygens (including phenoxy) is 1. The number of rotatable bonds is 3. The zero-order valence-electron chi connectivity index (χ0n) is 14.4. The molecule has 0 bridgehead atoms. The highest BCUT2D eigenvalue weighted by molar-refractivity contribution is 6.33. The summed E-state index contributed by atoms with van der Waals surface area (Å²) in [7, 11) is 0. The number of benzene rings is 1. The van der Waals surface area contributed by atoms with Gasteiger partial charge in [0.1, 0.15) is 5.02 Å². The third kappa shape index (κ3) is 3.48. The summed E-state index contributed by atoms with van der Waals surface area (Å²) in [6, 6.07) is 6.95. The number of aromatic nitrogens is 2. The van der Waals surface area contributed by atoms with Crippen molar-refractivity contribution in [3.63, 3.8) is 0 Å². The average molecular weight is 394 g/mol. The summed E-state index contributed by atoms with van der Waals surface area (Å²) in [6.07, 6.45) is 6.55. The highest BCUT2D eigenvalue weighted by Gasteiger charge is 2.30. The maximum atomic E-state index is 12.7. The average Bonchev–Trinajstić information content (AvgIpc) is 3.20. The Bertz CT molecular complexity index is 824. The molecule has 1 atom stereocenters. The first-order valence-corrected chi connectivity index (χ1v) is 9.79. The number of hydrogen-bond donors (Lipinski definition) is 0. The SMILES string of the molecule is O=c1c(Cl)c(N2CCC(C3CCCO3)CC2)cnn1-c1ccc(Cl)cc1. The van der Waals surface area contributed by atoms with Crippen molar-refractivity contribution in [1.29, 1.82) is 0 Å². The summed E-state index contributed by atoms with van der Waals surface area (Å²) in [6.45, 7) is 2.64. The minimum absolute atomic E-state index is 0.213. The summed E-state index contributed by atoms with van der Waals surface area (Å²) in [5.41, 5.74) is 1.05. The van der Waals surface area contributed by atoms with Crippen molar-refractivity contribution in [2.24, 2.45) is 5.92 Å². The van der Waals surface area contributed by atoms with Gasteiger partial charge in [0.2, 0.25) is 0 Å². The van der Waals surface area contributed by atoms with Crippen molar-refractivity contribution in [1.82, 2.24) is 9.78 Å². The van der Waals surface area contributed by atoms with Gasteiger partial charge in [0.25, 0.3) is 5.56 Å². The predicted molar refractivity (Wildman–Crippen MR) is 104 cm³/mol. The monoisotopic (exact) mass is 393 g/mol. The van der Waals surface area contributed by atoms with Crippen LogP contribution in [-0.4, -0.2) is 35.6 Å². The Hall–Kier alpha value is -1.56. The molecule has 2 aromatic rings. The van der Waals surface area contributed by atoms with E-state index in [4.69, 9.17) is 27.9 Å². The van der Waals surface area contributed by atoms with Crippen LogP contribution >= 0.6 is 23.2 Å². The van der Waals surface area contributed by atoms with E-state index in [9.17, 15) is 4.79 Å².